The van der Waals surface area contributed by atoms with E-state index in [4.69, 9.17) is 9.84 Å². The van der Waals surface area contributed by atoms with E-state index in [0.29, 0.717) is 0 Å². The molecule has 0 spiro atoms. The molecule has 1 N–H and O–H groups in total. The topological polar surface area (TPSA) is 80.7 Å². The molecule has 0 aliphatic heterocycles. The monoisotopic (exact) mass is 334 g/mol. The Morgan fingerprint density at radius 2 is 1.57 bits per heavy atom. The van der Waals surface area contributed by atoms with Crippen LogP contribution in [0.5, 0.6) is 0 Å². The predicted octanol–water partition coefficient (Wildman–Crippen LogP) is 2.87. The van der Waals surface area contributed by atoms with Crippen LogP contribution in [0.4, 0.5) is 0 Å². The van der Waals surface area contributed by atoms with E-state index in [-0.39, 0.29) is 24.3 Å². The van der Waals surface area contributed by atoms with Gasteiger partial charge in [0.25, 0.3) is 0 Å². The SMILES string of the molecule is O=C(O)CCC(OCc1ccccc1)S(=O)(=O)c1ccccc1. The van der Waals surface area contributed by atoms with Crippen molar-refractivity contribution in [2.24, 2.45) is 0 Å². The van der Waals surface area contributed by atoms with Crippen molar-refractivity contribution < 1.29 is 23.1 Å². The van der Waals surface area contributed by atoms with Crippen LogP contribution in [0, 0.1) is 0 Å². The van der Waals surface area contributed by atoms with E-state index in [0.717, 1.165) is 5.56 Å². The number of carbonyl (C=O) groups is 1. The summed E-state index contributed by atoms with van der Waals surface area (Å²) < 4.78 is 30.8. The third-order valence-corrected chi connectivity index (χ3v) is 5.28. The Balaban J connectivity index is 2.18. The van der Waals surface area contributed by atoms with Gasteiger partial charge in [0.2, 0.25) is 9.84 Å². The van der Waals surface area contributed by atoms with Crippen molar-refractivity contribution >= 4 is 15.8 Å². The number of carboxylic acid groups (broad SMARTS) is 1. The highest BCUT2D eigenvalue weighted by Crippen LogP contribution is 2.21. The fourth-order valence-corrected chi connectivity index (χ4v) is 3.61. The van der Waals surface area contributed by atoms with Gasteiger partial charge in [-0.2, -0.15) is 0 Å². The van der Waals surface area contributed by atoms with Gasteiger partial charge in [0.05, 0.1) is 11.5 Å². The summed E-state index contributed by atoms with van der Waals surface area (Å²) in [5.41, 5.74) is -0.364. The summed E-state index contributed by atoms with van der Waals surface area (Å²) in [4.78, 5) is 10.9. The van der Waals surface area contributed by atoms with Crippen LogP contribution in [-0.4, -0.2) is 24.9 Å². The zero-order valence-electron chi connectivity index (χ0n) is 12.5. The highest BCUT2D eigenvalue weighted by atomic mass is 32.2. The van der Waals surface area contributed by atoms with Gasteiger partial charge in [-0.15, -0.1) is 0 Å². The normalized spacial score (nSPS) is 12.7. The van der Waals surface area contributed by atoms with Crippen molar-refractivity contribution in [3.05, 3.63) is 66.2 Å². The number of benzene rings is 2. The zero-order chi connectivity index (χ0) is 16.7. The standard InChI is InChI=1S/C17H18O5S/c18-16(19)11-12-17(22-13-14-7-3-1-4-8-14)23(20,21)15-9-5-2-6-10-15/h1-10,17H,11-13H2,(H,18,19). The van der Waals surface area contributed by atoms with E-state index in [2.05, 4.69) is 0 Å². The first-order valence-electron chi connectivity index (χ1n) is 7.16. The van der Waals surface area contributed by atoms with E-state index >= 15 is 0 Å². The summed E-state index contributed by atoms with van der Waals surface area (Å²) in [6, 6.07) is 17.1. The Bertz CT molecular complexity index is 726. The molecule has 0 aromatic heterocycles. The Hall–Kier alpha value is -2.18. The predicted molar refractivity (Wildman–Crippen MR) is 85.5 cm³/mol. The number of carboxylic acids is 1. The van der Waals surface area contributed by atoms with Crippen LogP contribution in [0.1, 0.15) is 18.4 Å². The van der Waals surface area contributed by atoms with Gasteiger partial charge in [0, 0.05) is 6.42 Å². The maximum absolute atomic E-state index is 12.6. The maximum atomic E-state index is 12.6. The van der Waals surface area contributed by atoms with Crippen LogP contribution in [0.2, 0.25) is 0 Å². The molecule has 0 aliphatic rings. The molecule has 0 heterocycles. The van der Waals surface area contributed by atoms with Crippen LogP contribution in [-0.2, 0) is 26.0 Å². The molecule has 6 heteroatoms. The molecule has 0 saturated carbocycles. The molecule has 1 unspecified atom stereocenters. The van der Waals surface area contributed by atoms with Gasteiger partial charge in [-0.05, 0) is 24.1 Å². The molecule has 0 amide bonds. The largest absolute Gasteiger partial charge is 0.481 e. The molecule has 0 radical (unpaired) electrons. The van der Waals surface area contributed by atoms with Crippen molar-refractivity contribution in [1.29, 1.82) is 0 Å². The first-order valence-corrected chi connectivity index (χ1v) is 8.71. The second kappa shape index (κ2) is 7.89. The van der Waals surface area contributed by atoms with Gasteiger partial charge in [-0.3, -0.25) is 4.79 Å². The van der Waals surface area contributed by atoms with Crippen molar-refractivity contribution in [3.63, 3.8) is 0 Å². The minimum atomic E-state index is -3.75. The van der Waals surface area contributed by atoms with E-state index in [9.17, 15) is 13.2 Å². The van der Waals surface area contributed by atoms with Gasteiger partial charge in [0.1, 0.15) is 0 Å². The lowest BCUT2D eigenvalue weighted by molar-refractivity contribution is -0.137. The summed E-state index contributed by atoms with van der Waals surface area (Å²) in [6.45, 7) is 0.108. The molecule has 2 aromatic rings. The molecule has 23 heavy (non-hydrogen) atoms. The van der Waals surface area contributed by atoms with E-state index in [1.807, 2.05) is 30.3 Å². The molecule has 0 bridgehead atoms. The van der Waals surface area contributed by atoms with E-state index in [1.54, 1.807) is 18.2 Å². The summed E-state index contributed by atoms with van der Waals surface area (Å²) in [5.74, 6) is -1.05. The van der Waals surface area contributed by atoms with Crippen molar-refractivity contribution in [2.45, 2.75) is 29.8 Å². The average molecular weight is 334 g/mol. The van der Waals surface area contributed by atoms with Crippen LogP contribution in [0.25, 0.3) is 0 Å². The molecule has 122 valence electrons. The smallest absolute Gasteiger partial charge is 0.303 e. The minimum absolute atomic E-state index is 0.0978. The third-order valence-electron chi connectivity index (χ3n) is 3.29. The Labute approximate surface area is 135 Å². The fourth-order valence-electron chi connectivity index (χ4n) is 2.09. The number of sulfone groups is 1. The molecular weight excluding hydrogens is 316 g/mol. The third kappa shape index (κ3) is 4.91. The molecular formula is C17H18O5S. The number of aliphatic carboxylic acids is 1. The number of hydrogen-bond donors (Lipinski definition) is 1. The Morgan fingerprint density at radius 1 is 1.00 bits per heavy atom. The maximum Gasteiger partial charge on any atom is 0.303 e. The number of hydrogen-bond acceptors (Lipinski definition) is 4. The highest BCUT2D eigenvalue weighted by Gasteiger charge is 2.28. The zero-order valence-corrected chi connectivity index (χ0v) is 13.3. The second-order valence-corrected chi connectivity index (χ2v) is 7.10. The van der Waals surface area contributed by atoms with Crippen molar-refractivity contribution in [2.75, 3.05) is 0 Å². The molecule has 5 nitrogen and oxygen atoms in total. The Morgan fingerprint density at radius 3 is 2.13 bits per heavy atom. The minimum Gasteiger partial charge on any atom is -0.481 e. The number of ether oxygens (including phenoxy) is 1. The van der Waals surface area contributed by atoms with Crippen LogP contribution < -0.4 is 0 Å². The lowest BCUT2D eigenvalue weighted by Crippen LogP contribution is -2.25. The molecule has 2 aromatic carbocycles. The van der Waals surface area contributed by atoms with E-state index in [1.165, 1.54) is 12.1 Å². The first kappa shape index (κ1) is 17.2. The van der Waals surface area contributed by atoms with Crippen LogP contribution in [0.3, 0.4) is 0 Å². The fraction of sp³-hybridized carbons (Fsp3) is 0.235. The average Bonchev–Trinajstić information content (AvgIpc) is 2.56. The summed E-state index contributed by atoms with van der Waals surface area (Å²) >= 11 is 0. The summed E-state index contributed by atoms with van der Waals surface area (Å²) in [5, 5.41) is 8.83. The highest BCUT2D eigenvalue weighted by molar-refractivity contribution is 7.91. The molecule has 0 fully saturated rings. The quantitative estimate of drug-likeness (QED) is 0.803. The van der Waals surface area contributed by atoms with Crippen LogP contribution >= 0.6 is 0 Å². The van der Waals surface area contributed by atoms with Gasteiger partial charge in [-0.25, -0.2) is 8.42 Å². The van der Waals surface area contributed by atoms with Crippen molar-refractivity contribution in [1.82, 2.24) is 0 Å². The number of rotatable bonds is 8. The lowest BCUT2D eigenvalue weighted by Gasteiger charge is -2.18. The van der Waals surface area contributed by atoms with Gasteiger partial charge in [0.15, 0.2) is 5.44 Å². The van der Waals surface area contributed by atoms with E-state index < -0.39 is 21.2 Å². The Kier molecular flexibility index (Phi) is 5.90. The summed E-state index contributed by atoms with van der Waals surface area (Å²) in [7, 11) is -3.75. The van der Waals surface area contributed by atoms with Gasteiger partial charge in [-0.1, -0.05) is 48.5 Å². The van der Waals surface area contributed by atoms with Gasteiger partial charge < -0.3 is 9.84 Å². The first-order chi connectivity index (χ1) is 11.0. The lowest BCUT2D eigenvalue weighted by atomic mass is 10.2. The molecule has 0 saturated heterocycles. The van der Waals surface area contributed by atoms with Crippen LogP contribution in [0.15, 0.2) is 65.6 Å². The van der Waals surface area contributed by atoms with Gasteiger partial charge >= 0.3 is 5.97 Å². The molecule has 1 atom stereocenters. The second-order valence-electron chi connectivity index (χ2n) is 5.02. The summed E-state index contributed by atoms with van der Waals surface area (Å²) in [6.07, 6.45) is -0.370. The molecule has 2 rings (SSSR count). The molecule has 0 aliphatic carbocycles. The van der Waals surface area contributed by atoms with Crippen molar-refractivity contribution in [3.8, 4) is 0 Å².